The van der Waals surface area contributed by atoms with Crippen LogP contribution in [0, 0.1) is 5.82 Å². The van der Waals surface area contributed by atoms with Gasteiger partial charge in [0, 0.05) is 19.2 Å². The lowest BCUT2D eigenvalue weighted by Gasteiger charge is -2.13. The topological polar surface area (TPSA) is 113 Å². The summed E-state index contributed by atoms with van der Waals surface area (Å²) in [5, 5.41) is 14.7. The number of alkyl halides is 2. The Balaban J connectivity index is 1.64. The molecule has 2 amide bonds. The minimum absolute atomic E-state index is 0.0647. The van der Waals surface area contributed by atoms with E-state index >= 15 is 0 Å². The van der Waals surface area contributed by atoms with Gasteiger partial charge in [-0.25, -0.2) is 18.2 Å². The number of amides is 2. The number of halogens is 4. The molecule has 0 saturated heterocycles. The van der Waals surface area contributed by atoms with Crippen molar-refractivity contribution in [1.29, 1.82) is 0 Å². The summed E-state index contributed by atoms with van der Waals surface area (Å²) in [6, 6.07) is 3.76. The van der Waals surface area contributed by atoms with E-state index in [1.807, 2.05) is 0 Å². The first-order chi connectivity index (χ1) is 14.3. The standard InChI is InChI=1S/C18H18ClF3N4O4/c19-12-2-1-11(5-13(12)20)30-9-16(28)23-4-3-10(27)6-26-18(29)15-8-24-14(7-25-15)17(21)22/h1-2,5,7-8,10,17,27H,3-4,6,9H2,(H,23,28)(H,26,29)/t10-/m1/s1. The lowest BCUT2D eigenvalue weighted by Crippen LogP contribution is -2.36. The lowest BCUT2D eigenvalue weighted by atomic mass is 10.2. The highest BCUT2D eigenvalue weighted by Gasteiger charge is 2.14. The monoisotopic (exact) mass is 446 g/mol. The maximum Gasteiger partial charge on any atom is 0.281 e. The van der Waals surface area contributed by atoms with Crippen molar-refractivity contribution in [3.63, 3.8) is 0 Å². The van der Waals surface area contributed by atoms with Crippen molar-refractivity contribution in [1.82, 2.24) is 20.6 Å². The first-order valence-electron chi connectivity index (χ1n) is 8.67. The molecule has 12 heteroatoms. The number of hydrogen-bond donors (Lipinski definition) is 3. The summed E-state index contributed by atoms with van der Waals surface area (Å²) >= 11 is 5.55. The highest BCUT2D eigenvalue weighted by atomic mass is 35.5. The molecule has 2 aromatic rings. The van der Waals surface area contributed by atoms with E-state index in [1.54, 1.807) is 0 Å². The van der Waals surface area contributed by atoms with E-state index in [9.17, 15) is 27.9 Å². The third-order valence-electron chi connectivity index (χ3n) is 3.69. The first kappa shape index (κ1) is 23.4. The molecular formula is C18H18ClF3N4O4. The molecule has 162 valence electrons. The van der Waals surface area contributed by atoms with Crippen molar-refractivity contribution < 1.29 is 32.6 Å². The Morgan fingerprint density at radius 1 is 1.20 bits per heavy atom. The first-order valence-corrected chi connectivity index (χ1v) is 9.05. The number of nitrogens with one attached hydrogen (secondary N) is 2. The van der Waals surface area contributed by atoms with Gasteiger partial charge in [-0.2, -0.15) is 0 Å². The van der Waals surface area contributed by atoms with E-state index in [-0.39, 0.29) is 42.6 Å². The Morgan fingerprint density at radius 2 is 1.97 bits per heavy atom. The van der Waals surface area contributed by atoms with Gasteiger partial charge in [-0.1, -0.05) is 11.6 Å². The summed E-state index contributed by atoms with van der Waals surface area (Å²) in [6.45, 7) is -0.411. The maximum atomic E-state index is 13.3. The number of ether oxygens (including phenoxy) is 1. The Kier molecular flexibility index (Phi) is 8.81. The summed E-state index contributed by atoms with van der Waals surface area (Å²) in [5.41, 5.74) is -0.719. The predicted molar refractivity (Wildman–Crippen MR) is 99.9 cm³/mol. The highest BCUT2D eigenvalue weighted by molar-refractivity contribution is 6.30. The van der Waals surface area contributed by atoms with Crippen molar-refractivity contribution in [3.05, 3.63) is 52.8 Å². The Bertz CT molecular complexity index is 871. The van der Waals surface area contributed by atoms with Gasteiger partial charge in [0.25, 0.3) is 18.2 Å². The second-order valence-corrected chi connectivity index (χ2v) is 6.40. The molecular weight excluding hydrogens is 429 g/mol. The number of hydrogen-bond acceptors (Lipinski definition) is 6. The zero-order chi connectivity index (χ0) is 22.1. The van der Waals surface area contributed by atoms with Gasteiger partial charge in [0.1, 0.15) is 23.0 Å². The molecule has 30 heavy (non-hydrogen) atoms. The number of carbonyl (C=O) groups is 2. The van der Waals surface area contributed by atoms with Crippen LogP contribution in [-0.4, -0.2) is 52.7 Å². The second-order valence-electron chi connectivity index (χ2n) is 5.99. The number of aliphatic hydroxyl groups is 1. The number of benzene rings is 1. The Morgan fingerprint density at radius 3 is 2.60 bits per heavy atom. The van der Waals surface area contributed by atoms with Gasteiger partial charge in [-0.3, -0.25) is 14.6 Å². The SMILES string of the molecule is O=C(COc1ccc(Cl)c(F)c1)NCC[C@@H](O)CNC(=O)c1cnc(C(F)F)cn1. The number of carbonyl (C=O) groups excluding carboxylic acids is 2. The lowest BCUT2D eigenvalue weighted by molar-refractivity contribution is -0.123. The van der Waals surface area contributed by atoms with Crippen LogP contribution in [0.2, 0.25) is 5.02 Å². The van der Waals surface area contributed by atoms with Gasteiger partial charge >= 0.3 is 0 Å². The minimum atomic E-state index is -2.79. The van der Waals surface area contributed by atoms with Crippen LogP contribution in [0.5, 0.6) is 5.75 Å². The normalized spacial score (nSPS) is 11.8. The molecule has 3 N–H and O–H groups in total. The molecule has 0 radical (unpaired) electrons. The fourth-order valence-corrected chi connectivity index (χ4v) is 2.23. The van der Waals surface area contributed by atoms with Gasteiger partial charge in [0.2, 0.25) is 0 Å². The molecule has 0 aliphatic rings. The average molecular weight is 447 g/mol. The fraction of sp³-hybridized carbons (Fsp3) is 0.333. The number of aromatic nitrogens is 2. The van der Waals surface area contributed by atoms with E-state index < -0.39 is 35.9 Å². The highest BCUT2D eigenvalue weighted by Crippen LogP contribution is 2.20. The van der Waals surface area contributed by atoms with Crippen LogP contribution in [0.1, 0.15) is 29.0 Å². The van der Waals surface area contributed by atoms with Gasteiger partial charge in [-0.05, 0) is 18.6 Å². The maximum absolute atomic E-state index is 13.3. The van der Waals surface area contributed by atoms with E-state index in [1.165, 1.54) is 12.1 Å². The molecule has 1 atom stereocenters. The van der Waals surface area contributed by atoms with Gasteiger partial charge in [0.05, 0.1) is 23.5 Å². The summed E-state index contributed by atoms with van der Waals surface area (Å²) in [5.74, 6) is -1.71. The second kappa shape index (κ2) is 11.3. The summed E-state index contributed by atoms with van der Waals surface area (Å²) in [6.07, 6.45) is -1.93. The molecule has 8 nitrogen and oxygen atoms in total. The van der Waals surface area contributed by atoms with Crippen molar-refractivity contribution >= 4 is 23.4 Å². The van der Waals surface area contributed by atoms with Gasteiger partial charge < -0.3 is 20.5 Å². The minimum Gasteiger partial charge on any atom is -0.484 e. The van der Waals surface area contributed by atoms with E-state index in [0.717, 1.165) is 18.5 Å². The number of nitrogens with zero attached hydrogens (tertiary/aromatic N) is 2. The van der Waals surface area contributed by atoms with E-state index in [4.69, 9.17) is 16.3 Å². The zero-order valence-corrected chi connectivity index (χ0v) is 16.2. The third-order valence-corrected chi connectivity index (χ3v) is 3.99. The largest absolute Gasteiger partial charge is 0.484 e. The quantitative estimate of drug-likeness (QED) is 0.513. The average Bonchev–Trinajstić information content (AvgIpc) is 2.73. The molecule has 0 fully saturated rings. The van der Waals surface area contributed by atoms with Crippen molar-refractivity contribution in [2.45, 2.75) is 19.0 Å². The predicted octanol–water partition coefficient (Wildman–Crippen LogP) is 1.88. The summed E-state index contributed by atoms with van der Waals surface area (Å²) in [7, 11) is 0. The molecule has 0 unspecified atom stereocenters. The van der Waals surface area contributed by atoms with Crippen molar-refractivity contribution in [2.24, 2.45) is 0 Å². The van der Waals surface area contributed by atoms with Crippen LogP contribution < -0.4 is 15.4 Å². The fourth-order valence-electron chi connectivity index (χ4n) is 2.12. The van der Waals surface area contributed by atoms with Crippen LogP contribution in [-0.2, 0) is 4.79 Å². The van der Waals surface area contributed by atoms with Crippen molar-refractivity contribution in [2.75, 3.05) is 19.7 Å². The molecule has 1 aromatic heterocycles. The van der Waals surface area contributed by atoms with E-state index in [2.05, 4.69) is 20.6 Å². The molecule has 1 heterocycles. The summed E-state index contributed by atoms with van der Waals surface area (Å²) < 4.78 is 43.2. The van der Waals surface area contributed by atoms with Crippen molar-refractivity contribution in [3.8, 4) is 5.75 Å². The van der Waals surface area contributed by atoms with Crippen LogP contribution in [0.3, 0.4) is 0 Å². The van der Waals surface area contributed by atoms with Crippen LogP contribution >= 0.6 is 11.6 Å². The van der Waals surface area contributed by atoms with Crippen LogP contribution in [0.25, 0.3) is 0 Å². The van der Waals surface area contributed by atoms with Crippen LogP contribution in [0.15, 0.2) is 30.6 Å². The number of rotatable bonds is 10. The van der Waals surface area contributed by atoms with Gasteiger partial charge in [0.15, 0.2) is 6.61 Å². The molecule has 0 bridgehead atoms. The summed E-state index contributed by atoms with van der Waals surface area (Å²) in [4.78, 5) is 30.5. The van der Waals surface area contributed by atoms with Gasteiger partial charge in [-0.15, -0.1) is 0 Å². The smallest absolute Gasteiger partial charge is 0.281 e. The molecule has 1 aromatic carbocycles. The Labute approximate surface area is 174 Å². The molecule has 0 saturated carbocycles. The van der Waals surface area contributed by atoms with E-state index in [0.29, 0.717) is 0 Å². The Hall–Kier alpha value is -2.92. The molecule has 0 spiro atoms. The van der Waals surface area contributed by atoms with Crippen LogP contribution in [0.4, 0.5) is 13.2 Å². The number of aliphatic hydroxyl groups excluding tert-OH is 1. The molecule has 0 aliphatic carbocycles. The third kappa shape index (κ3) is 7.48. The zero-order valence-electron chi connectivity index (χ0n) is 15.4. The molecule has 0 aliphatic heterocycles. The molecule has 2 rings (SSSR count).